The molecular formula is C36H42ClN3O12. The predicted octanol–water partition coefficient (Wildman–Crippen LogP) is 2.96. The molecule has 2 amide bonds. The number of hydrogen-bond donors (Lipinski definition) is 5. The maximum absolute atomic E-state index is 13.0. The van der Waals surface area contributed by atoms with Gasteiger partial charge in [0, 0.05) is 11.8 Å². The second kappa shape index (κ2) is 16.5. The van der Waals surface area contributed by atoms with E-state index in [0.29, 0.717) is 35.6 Å². The Morgan fingerprint density at radius 3 is 2.44 bits per heavy atom. The molecule has 5 rings (SSSR count). The summed E-state index contributed by atoms with van der Waals surface area (Å²) in [6.45, 7) is 1.67. The van der Waals surface area contributed by atoms with Crippen LogP contribution in [-0.2, 0) is 25.5 Å². The van der Waals surface area contributed by atoms with Gasteiger partial charge >= 0.3 is 23.9 Å². The van der Waals surface area contributed by atoms with Crippen molar-refractivity contribution in [3.63, 3.8) is 0 Å². The quantitative estimate of drug-likeness (QED) is 0.0470. The van der Waals surface area contributed by atoms with Gasteiger partial charge in [-0.3, -0.25) is 0 Å². The molecule has 15 nitrogen and oxygen atoms in total. The lowest BCUT2D eigenvalue weighted by Gasteiger charge is -2.51. The molecular weight excluding hydrogens is 702 g/mol. The summed E-state index contributed by atoms with van der Waals surface area (Å²) in [7, 11) is 0. The zero-order chi connectivity index (χ0) is 37.7. The van der Waals surface area contributed by atoms with Crippen LogP contribution in [0.4, 0.5) is 4.79 Å². The number of nitroso groups, excluding NO2 is 1. The van der Waals surface area contributed by atoms with E-state index < -0.39 is 65.7 Å². The van der Waals surface area contributed by atoms with Crippen LogP contribution in [0.3, 0.4) is 0 Å². The molecule has 3 aliphatic carbocycles. The number of carbonyl (C=O) groups is 5. The molecule has 0 radical (unpaired) electrons. The van der Waals surface area contributed by atoms with E-state index in [9.17, 15) is 49.3 Å². The summed E-state index contributed by atoms with van der Waals surface area (Å²) in [5.74, 6) is -3.21. The average Bonchev–Trinajstić information content (AvgIpc) is 3.50. The van der Waals surface area contributed by atoms with Crippen LogP contribution in [0.15, 0.2) is 53.8 Å². The van der Waals surface area contributed by atoms with Crippen molar-refractivity contribution in [1.82, 2.24) is 10.3 Å². The average molecular weight is 744 g/mol. The number of halogens is 1. The highest BCUT2D eigenvalue weighted by Gasteiger charge is 2.58. The van der Waals surface area contributed by atoms with Crippen LogP contribution in [0, 0.1) is 28.1 Å². The molecule has 1 unspecified atom stereocenters. The summed E-state index contributed by atoms with van der Waals surface area (Å²) in [4.78, 5) is 72.9. The van der Waals surface area contributed by atoms with E-state index in [2.05, 4.69) is 5.29 Å². The number of hydrogen-bond acceptors (Lipinski definition) is 12. The van der Waals surface area contributed by atoms with E-state index in [1.165, 1.54) is 5.56 Å². The lowest BCUT2D eigenvalue weighted by Crippen LogP contribution is -2.56. The van der Waals surface area contributed by atoms with Crippen molar-refractivity contribution in [1.29, 1.82) is 0 Å². The highest BCUT2D eigenvalue weighted by molar-refractivity contribution is 6.18. The molecule has 2 fully saturated rings. The van der Waals surface area contributed by atoms with Crippen LogP contribution in [0.1, 0.15) is 66.4 Å². The Hall–Kier alpha value is -4.44. The Balaban J connectivity index is 1.24. The number of nitrogens with one attached hydrogen (secondary N) is 1. The van der Waals surface area contributed by atoms with Gasteiger partial charge in [-0.1, -0.05) is 31.2 Å². The normalized spacial score (nSPS) is 26.1. The van der Waals surface area contributed by atoms with Crippen molar-refractivity contribution < 1.29 is 53.9 Å². The van der Waals surface area contributed by atoms with E-state index in [0.717, 1.165) is 24.8 Å². The summed E-state index contributed by atoms with van der Waals surface area (Å²) in [5.41, 5.74) is 2.20. The maximum atomic E-state index is 13.0. The lowest BCUT2D eigenvalue weighted by molar-refractivity contribution is -0.185. The number of aliphatic hydroxyl groups is 3. The molecule has 0 aliphatic heterocycles. The Morgan fingerprint density at radius 2 is 1.79 bits per heavy atom. The van der Waals surface area contributed by atoms with Crippen molar-refractivity contribution in [2.24, 2.45) is 28.5 Å². The number of aldehydes is 1. The second-order valence-corrected chi connectivity index (χ2v) is 14.3. The molecule has 0 heterocycles. The highest BCUT2D eigenvalue weighted by Crippen LogP contribution is 2.64. The minimum Gasteiger partial charge on any atom is -0.478 e. The molecule has 2 aromatic rings. The number of amides is 2. The number of aliphatic hydroxyl groups excluding tert-OH is 3. The van der Waals surface area contributed by atoms with Crippen molar-refractivity contribution >= 4 is 41.8 Å². The molecule has 2 aromatic carbocycles. The molecule has 52 heavy (non-hydrogen) atoms. The SMILES string of the molecule is C[C@]12CC[C@@H]3c4ccc(OC(=O)c5ccccc5)cc4CC[C@H]3[C@@H]1CC[C@@H]2C(OC(=O)[C@@H](O)[C@@H](O)[C@H](O)[C@H](C=O)NC(=O)N(CCCl)N=O)C(=O)O. The van der Waals surface area contributed by atoms with Crippen LogP contribution in [0.5, 0.6) is 5.75 Å². The first-order valence-corrected chi connectivity index (χ1v) is 17.7. The zero-order valence-corrected chi connectivity index (χ0v) is 29.1. The van der Waals surface area contributed by atoms with Crippen LogP contribution < -0.4 is 10.1 Å². The van der Waals surface area contributed by atoms with E-state index in [4.69, 9.17) is 21.1 Å². The first kappa shape index (κ1) is 38.8. The van der Waals surface area contributed by atoms with E-state index in [-0.39, 0.29) is 36.5 Å². The number of ether oxygens (including phenoxy) is 2. The summed E-state index contributed by atoms with van der Waals surface area (Å²) in [6.07, 6.45) is -4.74. The van der Waals surface area contributed by atoms with Crippen LogP contribution in [0.2, 0.25) is 0 Å². The number of carboxylic acid groups (broad SMARTS) is 1. The minimum atomic E-state index is -2.49. The second-order valence-electron chi connectivity index (χ2n) is 13.9. The summed E-state index contributed by atoms with van der Waals surface area (Å²) < 4.78 is 11.0. The molecule has 10 atom stereocenters. The third-order valence-corrected chi connectivity index (χ3v) is 11.4. The number of nitrogens with zero attached hydrogens (tertiary/aromatic N) is 2. The fourth-order valence-electron chi connectivity index (χ4n) is 8.61. The van der Waals surface area contributed by atoms with Crippen LogP contribution >= 0.6 is 11.6 Å². The molecule has 3 aliphatic rings. The zero-order valence-electron chi connectivity index (χ0n) is 28.4. The van der Waals surface area contributed by atoms with Crippen molar-refractivity contribution in [3.05, 3.63) is 70.1 Å². The Kier molecular flexibility index (Phi) is 12.3. The molecule has 0 spiro atoms. The van der Waals surface area contributed by atoms with Crippen LogP contribution in [0.25, 0.3) is 0 Å². The first-order valence-electron chi connectivity index (χ1n) is 17.1. The Morgan fingerprint density at radius 1 is 1.06 bits per heavy atom. The Labute approximate surface area is 304 Å². The minimum absolute atomic E-state index is 0.00669. The fourth-order valence-corrected chi connectivity index (χ4v) is 8.78. The van der Waals surface area contributed by atoms with E-state index >= 15 is 0 Å². The van der Waals surface area contributed by atoms with Gasteiger partial charge in [0.15, 0.2) is 6.10 Å². The number of aryl methyl sites for hydroxylation is 1. The van der Waals surface area contributed by atoms with Crippen LogP contribution in [-0.4, -0.2) is 98.5 Å². The summed E-state index contributed by atoms with van der Waals surface area (Å²) in [6, 6.07) is 11.3. The summed E-state index contributed by atoms with van der Waals surface area (Å²) >= 11 is 5.50. The largest absolute Gasteiger partial charge is 0.478 e. The van der Waals surface area contributed by atoms with Gasteiger partial charge in [-0.05, 0) is 97.1 Å². The number of alkyl halides is 1. The fraction of sp³-hybridized carbons (Fsp3) is 0.528. The molecule has 0 bridgehead atoms. The van der Waals surface area contributed by atoms with Crippen molar-refractivity contribution in [2.45, 2.75) is 81.8 Å². The Bertz CT molecular complexity index is 1660. The monoisotopic (exact) mass is 743 g/mol. The van der Waals surface area contributed by atoms with Gasteiger partial charge in [0.25, 0.3) is 0 Å². The first-order chi connectivity index (χ1) is 24.8. The third-order valence-electron chi connectivity index (χ3n) is 11.2. The smallest absolute Gasteiger partial charge is 0.345 e. The maximum Gasteiger partial charge on any atom is 0.345 e. The number of aliphatic carboxylic acids is 1. The number of urea groups is 1. The molecule has 16 heteroatoms. The molecule has 280 valence electrons. The van der Waals surface area contributed by atoms with E-state index in [1.54, 1.807) is 30.3 Å². The number of carboxylic acids is 1. The molecule has 5 N–H and O–H groups in total. The molecule has 2 saturated carbocycles. The number of carbonyl (C=O) groups excluding carboxylic acids is 4. The van der Waals surface area contributed by atoms with Gasteiger partial charge in [-0.15, -0.1) is 16.5 Å². The van der Waals surface area contributed by atoms with Gasteiger partial charge in [-0.25, -0.2) is 19.2 Å². The van der Waals surface area contributed by atoms with Gasteiger partial charge < -0.3 is 40.0 Å². The standard InChI is InChI=1S/C36H42ClN3O12/c1-36-14-13-23-22-10-8-21(51-33(47)19-5-3-2-4-6-19)17-20(22)7-9-24(23)25(36)11-12-26(36)31(32(45)46)52-34(48)30(44)29(43)28(42)27(18-41)38-35(49)40(39-50)16-15-37/h2-6,8,10,17-18,23-31,42-44H,7,9,11-16H2,1H3,(H,38,49)(H,45,46)/t23-,24-,25+,26-,27+,28-,29+,30+,31?,36+/m1/s1. The van der Waals surface area contributed by atoms with Crippen molar-refractivity contribution in [2.75, 3.05) is 12.4 Å². The predicted molar refractivity (Wildman–Crippen MR) is 183 cm³/mol. The highest BCUT2D eigenvalue weighted by atomic mass is 35.5. The van der Waals surface area contributed by atoms with Gasteiger partial charge in [0.1, 0.15) is 30.3 Å². The van der Waals surface area contributed by atoms with E-state index in [1.807, 2.05) is 30.4 Å². The number of benzene rings is 2. The van der Waals surface area contributed by atoms with Gasteiger partial charge in [0.05, 0.1) is 17.4 Å². The summed E-state index contributed by atoms with van der Waals surface area (Å²) in [5, 5.41) is 46.6. The number of esters is 2. The lowest BCUT2D eigenvalue weighted by atomic mass is 9.53. The van der Waals surface area contributed by atoms with Gasteiger partial charge in [-0.2, -0.15) is 5.01 Å². The molecule has 0 aromatic heterocycles. The number of fused-ring (bicyclic) bond motifs is 5. The number of rotatable bonds is 14. The molecule has 0 saturated heterocycles. The topological polar surface area (TPSA) is 229 Å². The van der Waals surface area contributed by atoms with Gasteiger partial charge in [0.2, 0.25) is 6.10 Å². The van der Waals surface area contributed by atoms with Crippen molar-refractivity contribution in [3.8, 4) is 5.75 Å². The third kappa shape index (κ3) is 7.82.